The van der Waals surface area contributed by atoms with Gasteiger partial charge in [-0.3, -0.25) is 0 Å². The van der Waals surface area contributed by atoms with Crippen LogP contribution in [0.25, 0.3) is 11.0 Å². The number of hydrogen-bond donors (Lipinski definition) is 3. The number of methoxy groups -OCH3 is 2. The second-order valence-electron chi connectivity index (χ2n) is 9.07. The highest BCUT2D eigenvalue weighted by Crippen LogP contribution is 2.38. The van der Waals surface area contributed by atoms with E-state index in [9.17, 15) is 20.1 Å². The Morgan fingerprint density at radius 1 is 1.23 bits per heavy atom. The quantitative estimate of drug-likeness (QED) is 0.177. The minimum atomic E-state index is -1.57. The lowest BCUT2D eigenvalue weighted by molar-refractivity contribution is -0.293. The number of aliphatic hydroxyl groups is 3. The molecule has 0 bridgehead atoms. The molecule has 5 atom stereocenters. The number of aryl methyl sites for hydroxylation is 1. The predicted octanol–water partition coefficient (Wildman–Crippen LogP) is 2.30. The highest BCUT2D eigenvalue weighted by Gasteiger charge is 2.47. The first kappa shape index (κ1) is 29.6. The molecule has 11 nitrogen and oxygen atoms in total. The Kier molecular flexibility index (Phi) is 9.86. The third-order valence-corrected chi connectivity index (χ3v) is 6.83. The Morgan fingerprint density at radius 2 is 2.00 bits per heavy atom. The van der Waals surface area contributed by atoms with Gasteiger partial charge in [0.2, 0.25) is 0 Å². The standard InChI is InChI=1S/C28H31ClN2O9/c1-4-5-8-11-31-19-10-7-6-9-18(19)30-22(31)15-38-25-17(29)12-16(13-20(25)36-2)27(35)40-26-24(34)23(33)21(14-32)39-28(26)37-3/h1,6-7,9-10,12-13,21,23-24,26,28,32-34H,5,8,11,14-15H2,2-3H3/t21-,23-,24+,26-,28+/m1/s1. The topological polar surface area (TPSA) is 142 Å². The fourth-order valence-electron chi connectivity index (χ4n) is 4.50. The van der Waals surface area contributed by atoms with Crippen LogP contribution in [0.1, 0.15) is 29.0 Å². The zero-order valence-corrected chi connectivity index (χ0v) is 22.8. The number of rotatable bonds is 11. The maximum absolute atomic E-state index is 13.0. The zero-order chi connectivity index (χ0) is 28.8. The molecular formula is C28H31ClN2O9. The van der Waals surface area contributed by atoms with Crippen molar-refractivity contribution in [1.82, 2.24) is 9.55 Å². The van der Waals surface area contributed by atoms with Crippen molar-refractivity contribution in [3.63, 3.8) is 0 Å². The molecule has 4 rings (SSSR count). The van der Waals surface area contributed by atoms with Crippen LogP contribution in [0.2, 0.25) is 5.02 Å². The SMILES string of the molecule is C#CCCCn1c(COc2c(Cl)cc(C(=O)O[C@H]3[C@@H](OC)O[C@H](CO)[C@@H](O)[C@@H]3O)cc2OC)nc2ccccc21. The summed E-state index contributed by atoms with van der Waals surface area (Å²) in [6, 6.07) is 10.4. The Labute approximate surface area is 236 Å². The van der Waals surface area contributed by atoms with Crippen molar-refractivity contribution >= 4 is 28.6 Å². The molecule has 3 N–H and O–H groups in total. The van der Waals surface area contributed by atoms with Crippen molar-refractivity contribution in [3.05, 3.63) is 52.8 Å². The van der Waals surface area contributed by atoms with Gasteiger partial charge in [0.25, 0.3) is 0 Å². The summed E-state index contributed by atoms with van der Waals surface area (Å²) in [4.78, 5) is 17.7. The van der Waals surface area contributed by atoms with E-state index in [4.69, 9.17) is 41.7 Å². The van der Waals surface area contributed by atoms with Gasteiger partial charge >= 0.3 is 5.97 Å². The number of benzene rings is 2. The third-order valence-electron chi connectivity index (χ3n) is 6.55. The highest BCUT2D eigenvalue weighted by molar-refractivity contribution is 6.32. The number of carbonyl (C=O) groups excluding carboxylic acids is 1. The summed E-state index contributed by atoms with van der Waals surface area (Å²) in [5, 5.41) is 30.1. The minimum Gasteiger partial charge on any atom is -0.493 e. The maximum Gasteiger partial charge on any atom is 0.338 e. The van der Waals surface area contributed by atoms with Crippen molar-refractivity contribution in [3.8, 4) is 23.8 Å². The molecule has 0 radical (unpaired) electrons. The van der Waals surface area contributed by atoms with Gasteiger partial charge in [0.1, 0.15) is 30.7 Å². The number of nitrogens with zero attached hydrogens (tertiary/aromatic N) is 2. The van der Waals surface area contributed by atoms with Gasteiger partial charge in [0.15, 0.2) is 23.9 Å². The van der Waals surface area contributed by atoms with Crippen LogP contribution >= 0.6 is 11.6 Å². The summed E-state index contributed by atoms with van der Waals surface area (Å²) in [5.74, 6) is 2.79. The summed E-state index contributed by atoms with van der Waals surface area (Å²) >= 11 is 6.50. The van der Waals surface area contributed by atoms with Crippen LogP contribution in [-0.4, -0.2) is 82.4 Å². The monoisotopic (exact) mass is 574 g/mol. The molecular weight excluding hydrogens is 544 g/mol. The van der Waals surface area contributed by atoms with Crippen LogP contribution in [0.5, 0.6) is 11.5 Å². The van der Waals surface area contributed by atoms with Gasteiger partial charge in [-0.25, -0.2) is 9.78 Å². The number of ether oxygens (including phenoxy) is 5. The number of imidazole rings is 1. The first-order valence-corrected chi connectivity index (χ1v) is 12.9. The average molecular weight is 575 g/mol. The van der Waals surface area contributed by atoms with Gasteiger partial charge in [-0.05, 0) is 30.7 Å². The molecule has 1 aliphatic rings. The van der Waals surface area contributed by atoms with Crippen molar-refractivity contribution in [2.45, 2.75) is 56.7 Å². The zero-order valence-electron chi connectivity index (χ0n) is 22.0. The first-order valence-electron chi connectivity index (χ1n) is 12.6. The number of terminal acetylenes is 1. The Bertz CT molecular complexity index is 1370. The van der Waals surface area contributed by atoms with Gasteiger partial charge in [0.05, 0.1) is 35.3 Å². The molecule has 0 aliphatic carbocycles. The van der Waals surface area contributed by atoms with E-state index in [1.807, 2.05) is 28.8 Å². The molecule has 2 heterocycles. The van der Waals surface area contributed by atoms with Crippen molar-refractivity contribution in [2.24, 2.45) is 0 Å². The van der Waals surface area contributed by atoms with Crippen LogP contribution in [-0.2, 0) is 27.4 Å². The molecule has 2 aromatic carbocycles. The van der Waals surface area contributed by atoms with Crippen molar-refractivity contribution < 1.29 is 43.8 Å². The summed E-state index contributed by atoms with van der Waals surface area (Å²) < 4.78 is 29.5. The summed E-state index contributed by atoms with van der Waals surface area (Å²) in [6.07, 6.45) is 0.0405. The van der Waals surface area contributed by atoms with E-state index >= 15 is 0 Å². The molecule has 12 heteroatoms. The van der Waals surface area contributed by atoms with E-state index in [0.717, 1.165) is 17.5 Å². The lowest BCUT2D eigenvalue weighted by Gasteiger charge is -2.40. The molecule has 3 aromatic rings. The van der Waals surface area contributed by atoms with Crippen LogP contribution in [0.3, 0.4) is 0 Å². The van der Waals surface area contributed by atoms with E-state index < -0.39 is 43.3 Å². The first-order chi connectivity index (χ1) is 19.3. The maximum atomic E-state index is 13.0. The van der Waals surface area contributed by atoms with E-state index in [-0.39, 0.29) is 28.7 Å². The van der Waals surface area contributed by atoms with Crippen LogP contribution in [0.4, 0.5) is 0 Å². The lowest BCUT2D eigenvalue weighted by Crippen LogP contribution is -2.60. The van der Waals surface area contributed by atoms with Gasteiger partial charge in [0, 0.05) is 20.1 Å². The normalized spacial score (nSPS) is 22.6. The molecule has 214 valence electrons. The molecule has 1 fully saturated rings. The van der Waals surface area contributed by atoms with Gasteiger partial charge in [-0.1, -0.05) is 23.7 Å². The van der Waals surface area contributed by atoms with Gasteiger partial charge in [-0.15, -0.1) is 12.3 Å². The number of fused-ring (bicyclic) bond motifs is 1. The number of unbranched alkanes of at least 4 members (excludes halogenated alkanes) is 1. The lowest BCUT2D eigenvalue weighted by atomic mass is 9.99. The molecule has 40 heavy (non-hydrogen) atoms. The minimum absolute atomic E-state index is 0.00320. The van der Waals surface area contributed by atoms with Crippen molar-refractivity contribution in [2.75, 3.05) is 20.8 Å². The summed E-state index contributed by atoms with van der Waals surface area (Å²) in [6.45, 7) is 0.163. The average Bonchev–Trinajstić information content (AvgIpc) is 3.31. The second-order valence-corrected chi connectivity index (χ2v) is 9.47. The van der Waals surface area contributed by atoms with Crippen LogP contribution < -0.4 is 9.47 Å². The number of hydrogen-bond acceptors (Lipinski definition) is 10. The molecule has 0 saturated carbocycles. The highest BCUT2D eigenvalue weighted by atomic mass is 35.5. The van der Waals surface area contributed by atoms with Crippen LogP contribution in [0.15, 0.2) is 36.4 Å². The fraction of sp³-hybridized carbons (Fsp3) is 0.429. The second kappa shape index (κ2) is 13.3. The number of halogens is 1. The van der Waals surface area contributed by atoms with Gasteiger partial charge < -0.3 is 43.6 Å². The largest absolute Gasteiger partial charge is 0.493 e. The van der Waals surface area contributed by atoms with E-state index in [0.29, 0.717) is 18.8 Å². The number of para-hydroxylation sites is 2. The summed E-state index contributed by atoms with van der Waals surface area (Å²) in [5.41, 5.74) is 1.76. The molecule has 1 saturated heterocycles. The molecule has 1 aliphatic heterocycles. The van der Waals surface area contributed by atoms with Gasteiger partial charge in [-0.2, -0.15) is 0 Å². The fourth-order valence-corrected chi connectivity index (χ4v) is 4.77. The van der Waals surface area contributed by atoms with E-state index in [2.05, 4.69) is 10.9 Å². The number of aromatic nitrogens is 2. The molecule has 1 aromatic heterocycles. The molecule has 0 amide bonds. The predicted molar refractivity (Wildman–Crippen MR) is 144 cm³/mol. The smallest absolute Gasteiger partial charge is 0.338 e. The van der Waals surface area contributed by atoms with Crippen LogP contribution in [0, 0.1) is 12.3 Å². The molecule has 0 unspecified atom stereocenters. The van der Waals surface area contributed by atoms with E-state index in [1.54, 1.807) is 0 Å². The van der Waals surface area contributed by atoms with Crippen molar-refractivity contribution in [1.29, 1.82) is 0 Å². The number of esters is 1. The Morgan fingerprint density at radius 3 is 2.70 bits per heavy atom. The third kappa shape index (κ3) is 6.18. The number of carbonyl (C=O) groups is 1. The summed E-state index contributed by atoms with van der Waals surface area (Å²) in [7, 11) is 2.67. The Balaban J connectivity index is 1.53. The Hall–Kier alpha value is -3.37. The number of aliphatic hydroxyl groups excluding tert-OH is 3. The molecule has 0 spiro atoms. The van der Waals surface area contributed by atoms with E-state index in [1.165, 1.54) is 26.4 Å².